The molecule has 0 saturated heterocycles. The fourth-order valence-corrected chi connectivity index (χ4v) is 6.86. The molecule has 4 aliphatic carbocycles. The van der Waals surface area contributed by atoms with Gasteiger partial charge < -0.3 is 15.6 Å². The highest BCUT2D eigenvalue weighted by atomic mass is 32.1. The Kier molecular flexibility index (Phi) is 4.31. The van der Waals surface area contributed by atoms with Crippen LogP contribution in [0.3, 0.4) is 0 Å². The van der Waals surface area contributed by atoms with Crippen LogP contribution in [0.1, 0.15) is 66.0 Å². The van der Waals surface area contributed by atoms with E-state index in [4.69, 9.17) is 0 Å². The molecule has 3 saturated carbocycles. The van der Waals surface area contributed by atoms with Gasteiger partial charge in [0.1, 0.15) is 4.83 Å². The van der Waals surface area contributed by atoms with E-state index in [0.29, 0.717) is 16.8 Å². The van der Waals surface area contributed by atoms with E-state index < -0.39 is 0 Å². The topological polar surface area (TPSA) is 104 Å². The van der Waals surface area contributed by atoms with Crippen LogP contribution in [-0.4, -0.2) is 35.4 Å². The molecule has 154 valence electrons. The molecule has 3 N–H and O–H groups in total. The highest BCUT2D eigenvalue weighted by Crippen LogP contribution is 2.56. The van der Waals surface area contributed by atoms with E-state index in [2.05, 4.69) is 20.6 Å². The van der Waals surface area contributed by atoms with Crippen LogP contribution in [0.4, 0.5) is 0 Å². The zero-order chi connectivity index (χ0) is 20.2. The molecular formula is C21H26N4O3S. The van der Waals surface area contributed by atoms with Gasteiger partial charge in [-0.1, -0.05) is 0 Å². The molecule has 2 amide bonds. The third-order valence-corrected chi connectivity index (χ3v) is 8.71. The minimum atomic E-state index is -0.319. The number of aromatic amines is 1. The van der Waals surface area contributed by atoms with Gasteiger partial charge in [-0.2, -0.15) is 0 Å². The van der Waals surface area contributed by atoms with E-state index in [9.17, 15) is 14.4 Å². The van der Waals surface area contributed by atoms with Crippen molar-refractivity contribution in [2.24, 2.45) is 10.8 Å². The molecule has 4 aliphatic rings. The molecule has 3 fully saturated rings. The monoisotopic (exact) mass is 414 g/mol. The van der Waals surface area contributed by atoms with Crippen molar-refractivity contribution in [3.8, 4) is 0 Å². The number of nitrogens with zero attached hydrogens (tertiary/aromatic N) is 1. The van der Waals surface area contributed by atoms with E-state index in [1.54, 1.807) is 18.4 Å². The Morgan fingerprint density at radius 3 is 2.55 bits per heavy atom. The van der Waals surface area contributed by atoms with Gasteiger partial charge in [-0.3, -0.25) is 14.4 Å². The zero-order valence-electron chi connectivity index (χ0n) is 16.7. The van der Waals surface area contributed by atoms with Crippen LogP contribution in [0.2, 0.25) is 0 Å². The third kappa shape index (κ3) is 2.91. The average molecular weight is 415 g/mol. The first-order chi connectivity index (χ1) is 14.0. The van der Waals surface area contributed by atoms with Gasteiger partial charge in [-0.25, -0.2) is 4.98 Å². The van der Waals surface area contributed by atoms with Crippen molar-refractivity contribution in [3.63, 3.8) is 0 Å². The Morgan fingerprint density at radius 1 is 1.14 bits per heavy atom. The van der Waals surface area contributed by atoms with E-state index in [0.717, 1.165) is 63.4 Å². The predicted octanol–water partition coefficient (Wildman–Crippen LogP) is 2.29. The lowest BCUT2D eigenvalue weighted by molar-refractivity contribution is -0.139. The highest BCUT2D eigenvalue weighted by Gasteiger charge is 2.52. The van der Waals surface area contributed by atoms with Gasteiger partial charge in [0.05, 0.1) is 5.39 Å². The molecule has 2 aromatic rings. The number of hydrogen-bond donors (Lipinski definition) is 3. The molecule has 2 bridgehead atoms. The Hall–Kier alpha value is -2.22. The van der Waals surface area contributed by atoms with Crippen molar-refractivity contribution >= 4 is 33.4 Å². The number of fused-ring (bicyclic) bond motifs is 6. The van der Waals surface area contributed by atoms with Gasteiger partial charge in [0.2, 0.25) is 11.7 Å². The summed E-state index contributed by atoms with van der Waals surface area (Å²) in [4.78, 5) is 46.7. The summed E-state index contributed by atoms with van der Waals surface area (Å²) in [7, 11) is 1.71. The van der Waals surface area contributed by atoms with Crippen LogP contribution in [0.5, 0.6) is 0 Å². The Balaban J connectivity index is 1.30. The maximum Gasteiger partial charge on any atom is 0.287 e. The molecule has 0 unspecified atom stereocenters. The van der Waals surface area contributed by atoms with Crippen LogP contribution in [-0.2, 0) is 17.6 Å². The molecule has 29 heavy (non-hydrogen) atoms. The van der Waals surface area contributed by atoms with E-state index >= 15 is 0 Å². The number of carbonyl (C=O) groups is 2. The first-order valence-corrected chi connectivity index (χ1v) is 11.3. The summed E-state index contributed by atoms with van der Waals surface area (Å²) >= 11 is 1.54. The average Bonchev–Trinajstić information content (AvgIpc) is 3.33. The maximum absolute atomic E-state index is 12.7. The molecule has 7 nitrogen and oxygen atoms in total. The lowest BCUT2D eigenvalue weighted by Gasteiger charge is -2.52. The number of thiophene rings is 1. The van der Waals surface area contributed by atoms with Crippen LogP contribution in [0.25, 0.3) is 10.2 Å². The first-order valence-electron chi connectivity index (χ1n) is 10.5. The van der Waals surface area contributed by atoms with Crippen LogP contribution >= 0.6 is 11.3 Å². The van der Waals surface area contributed by atoms with E-state index in [1.165, 1.54) is 4.88 Å². The molecule has 0 aliphatic heterocycles. The lowest BCUT2D eigenvalue weighted by Crippen LogP contribution is -2.52. The Morgan fingerprint density at radius 2 is 1.86 bits per heavy atom. The minimum Gasteiger partial charge on any atom is -0.359 e. The molecule has 0 aromatic carbocycles. The number of H-pyrrole nitrogens is 1. The van der Waals surface area contributed by atoms with Crippen molar-refractivity contribution in [3.05, 3.63) is 26.6 Å². The number of amides is 2. The number of aromatic nitrogens is 2. The van der Waals surface area contributed by atoms with Gasteiger partial charge in [0.25, 0.3) is 11.5 Å². The molecule has 8 heteroatoms. The van der Waals surface area contributed by atoms with Crippen molar-refractivity contribution in [2.45, 2.75) is 57.8 Å². The van der Waals surface area contributed by atoms with Gasteiger partial charge in [0.15, 0.2) is 0 Å². The number of aryl methyl sites for hydroxylation is 2. The fraction of sp³-hybridized carbons (Fsp3) is 0.619. The Labute approximate surface area is 172 Å². The van der Waals surface area contributed by atoms with Crippen molar-refractivity contribution in [1.29, 1.82) is 0 Å². The molecule has 0 spiro atoms. The van der Waals surface area contributed by atoms with E-state index in [-0.39, 0.29) is 34.0 Å². The van der Waals surface area contributed by atoms with Crippen molar-refractivity contribution in [1.82, 2.24) is 20.6 Å². The number of carbonyl (C=O) groups excluding carboxylic acids is 2. The molecule has 2 heterocycles. The number of rotatable bonds is 4. The van der Waals surface area contributed by atoms with Gasteiger partial charge in [0, 0.05) is 23.9 Å². The number of hydrogen-bond acceptors (Lipinski definition) is 5. The molecular weight excluding hydrogens is 388 g/mol. The fourth-order valence-electron chi connectivity index (χ4n) is 5.60. The number of nitrogens with one attached hydrogen (secondary N) is 3. The quantitative estimate of drug-likeness (QED) is 0.714. The summed E-state index contributed by atoms with van der Waals surface area (Å²) in [5.41, 5.74) is 0.759. The largest absolute Gasteiger partial charge is 0.359 e. The van der Waals surface area contributed by atoms with E-state index in [1.807, 2.05) is 0 Å². The first kappa shape index (κ1) is 18.8. The molecule has 0 atom stereocenters. The summed E-state index contributed by atoms with van der Waals surface area (Å²) in [6.07, 6.45) is 8.48. The summed E-state index contributed by atoms with van der Waals surface area (Å²) in [5.74, 6) is -0.0569. The van der Waals surface area contributed by atoms with Crippen LogP contribution in [0.15, 0.2) is 4.79 Å². The van der Waals surface area contributed by atoms with Crippen LogP contribution < -0.4 is 16.2 Å². The van der Waals surface area contributed by atoms with Crippen molar-refractivity contribution in [2.75, 3.05) is 13.6 Å². The summed E-state index contributed by atoms with van der Waals surface area (Å²) in [6, 6.07) is 0. The van der Waals surface area contributed by atoms with Crippen LogP contribution in [0, 0.1) is 10.8 Å². The highest BCUT2D eigenvalue weighted by molar-refractivity contribution is 7.18. The molecule has 2 aromatic heterocycles. The summed E-state index contributed by atoms with van der Waals surface area (Å²) in [5, 5.41) is 6.50. The predicted molar refractivity (Wildman–Crippen MR) is 111 cm³/mol. The van der Waals surface area contributed by atoms with Gasteiger partial charge >= 0.3 is 0 Å². The van der Waals surface area contributed by atoms with Crippen molar-refractivity contribution < 1.29 is 9.59 Å². The normalized spacial score (nSPS) is 27.8. The lowest BCUT2D eigenvalue weighted by atomic mass is 9.53. The Bertz CT molecular complexity index is 1050. The third-order valence-electron chi connectivity index (χ3n) is 7.52. The SMILES string of the molecule is CNC(=O)C12CCC(CNC(=O)c3nc4sc5c(c4c(=O)[nH]3)CCC5)(CC1)CC2. The van der Waals surface area contributed by atoms with Gasteiger partial charge in [-0.05, 0) is 68.8 Å². The maximum atomic E-state index is 12.7. The minimum absolute atomic E-state index is 0.0555. The zero-order valence-corrected chi connectivity index (χ0v) is 17.5. The second-order valence-electron chi connectivity index (χ2n) is 8.99. The smallest absolute Gasteiger partial charge is 0.287 e. The standard InChI is InChI=1S/C21H26N4O3S/c1-22-19(28)21-8-5-20(6-9-21,7-10-21)11-23-17(27)15-24-16(26)14-12-3-2-4-13(12)29-18(14)25-15/h2-11H2,1H3,(H,22,28)(H,23,27)(H,24,25,26). The second-order valence-corrected chi connectivity index (χ2v) is 10.1. The van der Waals surface area contributed by atoms with Gasteiger partial charge in [-0.15, -0.1) is 11.3 Å². The molecule has 6 rings (SSSR count). The molecule has 0 radical (unpaired) electrons. The second kappa shape index (κ2) is 6.65. The summed E-state index contributed by atoms with van der Waals surface area (Å²) in [6.45, 7) is 0.568. The summed E-state index contributed by atoms with van der Waals surface area (Å²) < 4.78 is 0.